The van der Waals surface area contributed by atoms with Crippen LogP contribution in [0.4, 0.5) is 0 Å². The van der Waals surface area contributed by atoms with E-state index >= 15 is 0 Å². The van der Waals surface area contributed by atoms with Gasteiger partial charge in [0.2, 0.25) is 0 Å². The molecule has 2 aromatic rings. The number of benzene rings is 1. The predicted molar refractivity (Wildman–Crippen MR) is 62.1 cm³/mol. The van der Waals surface area contributed by atoms with Crippen LogP contribution in [0.3, 0.4) is 0 Å². The van der Waals surface area contributed by atoms with Crippen LogP contribution in [0.1, 0.15) is 10.4 Å². The molecule has 19 heavy (non-hydrogen) atoms. The Balaban J connectivity index is 2.06. The van der Waals surface area contributed by atoms with Crippen LogP contribution in [0, 0.1) is 5.41 Å². The van der Waals surface area contributed by atoms with Crippen LogP contribution in [0.15, 0.2) is 27.4 Å². The van der Waals surface area contributed by atoms with Gasteiger partial charge in [0, 0.05) is 5.56 Å². The van der Waals surface area contributed by atoms with Crippen molar-refractivity contribution in [1.29, 1.82) is 0 Å². The zero-order chi connectivity index (χ0) is 13.6. The van der Waals surface area contributed by atoms with Gasteiger partial charge < -0.3 is 14.3 Å². The van der Waals surface area contributed by atoms with Crippen molar-refractivity contribution in [2.24, 2.45) is 5.41 Å². The van der Waals surface area contributed by atoms with Gasteiger partial charge in [0.05, 0.1) is 18.7 Å². The summed E-state index contributed by atoms with van der Waals surface area (Å²) in [6, 6.07) is 4.30. The summed E-state index contributed by atoms with van der Waals surface area (Å²) in [6.45, 7) is -0.276. The van der Waals surface area contributed by atoms with E-state index in [0.717, 1.165) is 0 Å². The minimum absolute atomic E-state index is 0.138. The number of ketones is 1. The van der Waals surface area contributed by atoms with Gasteiger partial charge in [-0.3, -0.25) is 14.6 Å². The van der Waals surface area contributed by atoms with Gasteiger partial charge in [-0.05, 0) is 18.2 Å². The number of oxazole rings is 1. The zero-order valence-corrected chi connectivity index (χ0v) is 9.63. The summed E-state index contributed by atoms with van der Waals surface area (Å²) in [5.74, 6) is -2.36. The zero-order valence-electron chi connectivity index (χ0n) is 9.63. The Kier molecular flexibility index (Phi) is 2.33. The summed E-state index contributed by atoms with van der Waals surface area (Å²) >= 11 is 0. The van der Waals surface area contributed by atoms with E-state index in [9.17, 15) is 14.4 Å². The van der Waals surface area contributed by atoms with E-state index in [4.69, 9.17) is 14.3 Å². The highest BCUT2D eigenvalue weighted by molar-refractivity contribution is 6.13. The monoisotopic (exact) mass is 263 g/mol. The maximum absolute atomic E-state index is 12.3. The molecule has 98 valence electrons. The summed E-state index contributed by atoms with van der Waals surface area (Å²) in [5.41, 5.74) is -0.639. The van der Waals surface area contributed by atoms with Gasteiger partial charge in [0.15, 0.2) is 16.8 Å². The van der Waals surface area contributed by atoms with E-state index in [2.05, 4.69) is 4.98 Å². The third kappa shape index (κ3) is 1.59. The van der Waals surface area contributed by atoms with Crippen LogP contribution in [0.25, 0.3) is 11.1 Å². The van der Waals surface area contributed by atoms with E-state index in [0.29, 0.717) is 11.1 Å². The second-order valence-corrected chi connectivity index (χ2v) is 4.43. The summed E-state index contributed by atoms with van der Waals surface area (Å²) in [6.07, 6.45) is 0. The van der Waals surface area contributed by atoms with Gasteiger partial charge in [-0.25, -0.2) is 4.79 Å². The molecule has 1 aromatic carbocycles. The average Bonchev–Trinajstić information content (AvgIpc) is 2.65. The lowest BCUT2D eigenvalue weighted by Crippen LogP contribution is -2.54. The number of rotatable bonds is 3. The van der Waals surface area contributed by atoms with Crippen molar-refractivity contribution in [3.8, 4) is 0 Å². The molecule has 1 fully saturated rings. The standard InChI is InChI=1S/C12H9NO6/c14-9(12(10(15)16)4-18-5-12)6-1-2-8-7(3-6)13-11(17)19-8/h1-3H,4-5H2,(H,13,17)(H,15,16). The van der Waals surface area contributed by atoms with Crippen LogP contribution in [-0.4, -0.2) is 35.1 Å². The highest BCUT2D eigenvalue weighted by Crippen LogP contribution is 2.32. The molecule has 0 amide bonds. The molecule has 1 aliphatic heterocycles. The van der Waals surface area contributed by atoms with Gasteiger partial charge in [-0.1, -0.05) is 0 Å². The molecule has 0 bridgehead atoms. The van der Waals surface area contributed by atoms with Gasteiger partial charge in [-0.2, -0.15) is 0 Å². The fourth-order valence-corrected chi connectivity index (χ4v) is 2.03. The van der Waals surface area contributed by atoms with Crippen molar-refractivity contribution in [3.05, 3.63) is 34.3 Å². The number of aromatic nitrogens is 1. The minimum Gasteiger partial charge on any atom is -0.480 e. The molecule has 0 radical (unpaired) electrons. The molecule has 3 rings (SSSR count). The van der Waals surface area contributed by atoms with Gasteiger partial charge in [-0.15, -0.1) is 0 Å². The van der Waals surface area contributed by atoms with Gasteiger partial charge in [0.25, 0.3) is 0 Å². The first-order chi connectivity index (χ1) is 9.03. The largest absolute Gasteiger partial charge is 0.480 e. The second kappa shape index (κ2) is 3.79. The second-order valence-electron chi connectivity index (χ2n) is 4.43. The van der Waals surface area contributed by atoms with E-state index in [1.54, 1.807) is 0 Å². The third-order valence-corrected chi connectivity index (χ3v) is 3.22. The normalized spacial score (nSPS) is 17.1. The summed E-state index contributed by atoms with van der Waals surface area (Å²) in [4.78, 5) is 36.9. The Morgan fingerprint density at radius 3 is 2.63 bits per heavy atom. The molecule has 0 aliphatic carbocycles. The van der Waals surface area contributed by atoms with E-state index in [1.165, 1.54) is 18.2 Å². The molecule has 7 heteroatoms. The highest BCUT2D eigenvalue weighted by atomic mass is 16.5. The maximum Gasteiger partial charge on any atom is 0.417 e. The molecule has 7 nitrogen and oxygen atoms in total. The number of nitrogens with one attached hydrogen (secondary N) is 1. The van der Waals surface area contributed by atoms with Crippen molar-refractivity contribution in [2.75, 3.05) is 13.2 Å². The lowest BCUT2D eigenvalue weighted by atomic mass is 9.78. The maximum atomic E-state index is 12.3. The minimum atomic E-state index is -1.52. The Bertz CT molecular complexity index is 736. The van der Waals surface area contributed by atoms with Crippen LogP contribution in [-0.2, 0) is 9.53 Å². The number of carbonyl (C=O) groups is 2. The molecule has 0 atom stereocenters. The Hall–Kier alpha value is -2.41. The number of carboxylic acids is 1. The average molecular weight is 263 g/mol. The van der Waals surface area contributed by atoms with Gasteiger partial charge >= 0.3 is 11.7 Å². The molecule has 1 saturated heterocycles. The van der Waals surface area contributed by atoms with E-state index < -0.39 is 22.9 Å². The molecular weight excluding hydrogens is 254 g/mol. The molecule has 1 aliphatic rings. The van der Waals surface area contributed by atoms with E-state index in [-0.39, 0.29) is 18.8 Å². The molecule has 0 unspecified atom stereocenters. The number of ether oxygens (including phenoxy) is 1. The number of H-pyrrole nitrogens is 1. The summed E-state index contributed by atoms with van der Waals surface area (Å²) in [5, 5.41) is 9.16. The molecule has 2 N–H and O–H groups in total. The lowest BCUT2D eigenvalue weighted by Gasteiger charge is -2.35. The summed E-state index contributed by atoms with van der Waals surface area (Å²) in [7, 11) is 0. The Morgan fingerprint density at radius 1 is 1.32 bits per heavy atom. The number of aromatic amines is 1. The number of hydrogen-bond acceptors (Lipinski definition) is 5. The molecule has 2 heterocycles. The van der Waals surface area contributed by atoms with Crippen molar-refractivity contribution in [1.82, 2.24) is 4.98 Å². The molecular formula is C12H9NO6. The number of carboxylic acid groups (broad SMARTS) is 1. The fourth-order valence-electron chi connectivity index (χ4n) is 2.03. The summed E-state index contributed by atoms with van der Waals surface area (Å²) < 4.78 is 9.67. The number of aliphatic carboxylic acids is 1. The topological polar surface area (TPSA) is 110 Å². The quantitative estimate of drug-likeness (QED) is 0.613. The third-order valence-electron chi connectivity index (χ3n) is 3.22. The number of carbonyl (C=O) groups excluding carboxylic acids is 1. The number of hydrogen-bond donors (Lipinski definition) is 2. The smallest absolute Gasteiger partial charge is 0.417 e. The van der Waals surface area contributed by atoms with Crippen LogP contribution < -0.4 is 5.76 Å². The van der Waals surface area contributed by atoms with Crippen molar-refractivity contribution in [3.63, 3.8) is 0 Å². The van der Waals surface area contributed by atoms with E-state index in [1.807, 2.05) is 0 Å². The first kappa shape index (κ1) is 11.7. The molecule has 1 aromatic heterocycles. The van der Waals surface area contributed by atoms with Crippen molar-refractivity contribution in [2.45, 2.75) is 0 Å². The highest BCUT2D eigenvalue weighted by Gasteiger charge is 2.53. The lowest BCUT2D eigenvalue weighted by molar-refractivity contribution is -0.168. The Morgan fingerprint density at radius 2 is 2.05 bits per heavy atom. The molecule has 0 saturated carbocycles. The first-order valence-corrected chi connectivity index (χ1v) is 5.52. The predicted octanol–water partition coefficient (Wildman–Crippen LogP) is 0.405. The molecule has 0 spiro atoms. The SMILES string of the molecule is O=C(O)C1(C(=O)c2ccc3oc(=O)[nH]c3c2)COC1. The number of fused-ring (bicyclic) bond motifs is 1. The van der Waals surface area contributed by atoms with Crippen LogP contribution in [0.2, 0.25) is 0 Å². The van der Waals surface area contributed by atoms with Crippen molar-refractivity contribution < 1.29 is 23.8 Å². The van der Waals surface area contributed by atoms with Gasteiger partial charge in [0.1, 0.15) is 0 Å². The van der Waals surface area contributed by atoms with Crippen LogP contribution in [0.5, 0.6) is 0 Å². The Labute approximate surface area is 105 Å². The number of Topliss-reactive ketones (excluding diaryl/α,β-unsaturated/α-hetero) is 1. The fraction of sp³-hybridized carbons (Fsp3) is 0.250. The van der Waals surface area contributed by atoms with Crippen molar-refractivity contribution >= 4 is 22.9 Å². The van der Waals surface area contributed by atoms with Crippen LogP contribution >= 0.6 is 0 Å². The first-order valence-electron chi connectivity index (χ1n) is 5.52.